The van der Waals surface area contributed by atoms with Gasteiger partial charge in [-0.3, -0.25) is 0 Å². The maximum Gasteiger partial charge on any atom is 0.407 e. The second-order valence-corrected chi connectivity index (χ2v) is 7.26. The number of benzene rings is 3. The van der Waals surface area contributed by atoms with Gasteiger partial charge in [-0.25, -0.2) is 4.79 Å². The first-order valence-electron chi connectivity index (χ1n) is 10.1. The molecule has 1 aliphatic rings. The molecule has 3 N–H and O–H groups in total. The second-order valence-electron chi connectivity index (χ2n) is 7.26. The zero-order chi connectivity index (χ0) is 20.9. The third-order valence-electron chi connectivity index (χ3n) is 5.41. The Morgan fingerprint density at radius 1 is 1.03 bits per heavy atom. The van der Waals surface area contributed by atoms with E-state index in [9.17, 15) is 4.79 Å². The topological polar surface area (TPSA) is 64.3 Å². The summed E-state index contributed by atoms with van der Waals surface area (Å²) in [5, 5.41) is 2.70. The van der Waals surface area contributed by atoms with Gasteiger partial charge in [0.25, 0.3) is 0 Å². The van der Waals surface area contributed by atoms with Gasteiger partial charge in [0.15, 0.2) is 0 Å². The number of hydrogen-bond donors (Lipinski definition) is 2. The van der Waals surface area contributed by atoms with Crippen molar-refractivity contribution in [3.05, 3.63) is 89.0 Å². The summed E-state index contributed by atoms with van der Waals surface area (Å²) in [6.45, 7) is 2.58. The molecule has 3 aromatic carbocycles. The number of nitrogens with one attached hydrogen (secondary N) is 1. The molecule has 0 atom stereocenters. The Morgan fingerprint density at radius 3 is 2.37 bits per heavy atom. The summed E-state index contributed by atoms with van der Waals surface area (Å²) in [6, 6.07) is 22.4. The molecule has 0 fully saturated rings. The van der Waals surface area contributed by atoms with Crippen LogP contribution in [0.3, 0.4) is 0 Å². The number of anilines is 1. The Hall–Kier alpha value is -3.71. The van der Waals surface area contributed by atoms with Crippen LogP contribution in [0.5, 0.6) is 0 Å². The lowest BCUT2D eigenvalue weighted by atomic mass is 9.98. The zero-order valence-electron chi connectivity index (χ0n) is 16.9. The Labute approximate surface area is 177 Å². The summed E-state index contributed by atoms with van der Waals surface area (Å²) in [6.07, 6.45) is 0.453. The highest BCUT2D eigenvalue weighted by Crippen LogP contribution is 2.44. The van der Waals surface area contributed by atoms with Crippen molar-refractivity contribution in [1.82, 2.24) is 5.32 Å². The lowest BCUT2D eigenvalue weighted by Crippen LogP contribution is -2.26. The van der Waals surface area contributed by atoms with Crippen molar-refractivity contribution in [3.8, 4) is 23.0 Å². The number of carbonyl (C=O) groups excluding carboxylic acids is 1. The number of alkyl carbamates (subject to hydrolysis) is 1. The fraction of sp³-hybridized carbons (Fsp3) is 0.192. The molecule has 0 unspecified atom stereocenters. The van der Waals surface area contributed by atoms with Crippen LogP contribution in [-0.2, 0) is 11.2 Å². The molecular formula is C26H24N2O2. The molecule has 4 rings (SSSR count). The average Bonchev–Trinajstić information content (AvgIpc) is 3.10. The summed E-state index contributed by atoms with van der Waals surface area (Å²) >= 11 is 0. The molecule has 0 saturated carbocycles. The molecular weight excluding hydrogens is 372 g/mol. The van der Waals surface area contributed by atoms with Crippen LogP contribution < -0.4 is 11.1 Å². The van der Waals surface area contributed by atoms with Gasteiger partial charge in [0.2, 0.25) is 0 Å². The molecule has 0 saturated heterocycles. The zero-order valence-corrected chi connectivity index (χ0v) is 16.9. The quantitative estimate of drug-likeness (QED) is 0.495. The van der Waals surface area contributed by atoms with Gasteiger partial charge in [-0.05, 0) is 46.4 Å². The highest BCUT2D eigenvalue weighted by Gasteiger charge is 2.28. The van der Waals surface area contributed by atoms with E-state index in [1.165, 1.54) is 27.8 Å². The van der Waals surface area contributed by atoms with Crippen LogP contribution in [0, 0.1) is 11.8 Å². The van der Waals surface area contributed by atoms with E-state index in [2.05, 4.69) is 48.3 Å². The maximum absolute atomic E-state index is 12.2. The minimum absolute atomic E-state index is 0.0471. The van der Waals surface area contributed by atoms with E-state index in [1.807, 2.05) is 42.5 Å². The van der Waals surface area contributed by atoms with Gasteiger partial charge in [0.05, 0.1) is 6.54 Å². The highest BCUT2D eigenvalue weighted by molar-refractivity contribution is 5.79. The van der Waals surface area contributed by atoms with Crippen molar-refractivity contribution in [2.45, 2.75) is 19.3 Å². The molecule has 30 heavy (non-hydrogen) atoms. The molecule has 0 heterocycles. The van der Waals surface area contributed by atoms with Crippen LogP contribution in [0.1, 0.15) is 35.1 Å². The number of nitrogen functional groups attached to an aromatic ring is 1. The Balaban J connectivity index is 1.35. The first-order valence-corrected chi connectivity index (χ1v) is 10.1. The number of rotatable bonds is 4. The number of nitrogens with two attached hydrogens (primary N) is 1. The molecule has 1 amide bonds. The van der Waals surface area contributed by atoms with Gasteiger partial charge in [-0.2, -0.15) is 0 Å². The molecule has 3 aromatic rings. The fourth-order valence-electron chi connectivity index (χ4n) is 3.84. The third-order valence-corrected chi connectivity index (χ3v) is 5.41. The number of amides is 1. The summed E-state index contributed by atoms with van der Waals surface area (Å²) in [5.74, 6) is 6.01. The van der Waals surface area contributed by atoms with Gasteiger partial charge >= 0.3 is 6.09 Å². The van der Waals surface area contributed by atoms with Crippen LogP contribution in [0.15, 0.2) is 66.7 Å². The van der Waals surface area contributed by atoms with Crippen molar-refractivity contribution in [2.75, 3.05) is 18.9 Å². The molecule has 0 aliphatic heterocycles. The fourth-order valence-corrected chi connectivity index (χ4v) is 3.84. The monoisotopic (exact) mass is 396 g/mol. The van der Waals surface area contributed by atoms with Crippen molar-refractivity contribution in [2.24, 2.45) is 0 Å². The van der Waals surface area contributed by atoms with E-state index in [0.29, 0.717) is 12.3 Å². The van der Waals surface area contributed by atoms with Crippen molar-refractivity contribution in [1.29, 1.82) is 0 Å². The van der Waals surface area contributed by atoms with Gasteiger partial charge in [-0.1, -0.05) is 73.4 Å². The highest BCUT2D eigenvalue weighted by atomic mass is 16.5. The maximum atomic E-state index is 12.2. The SMILES string of the molecule is CCc1ccc(N)c(C#CCNC(=O)OCC2c3ccccc3-c3ccccc32)c1. The average molecular weight is 396 g/mol. The van der Waals surface area contributed by atoms with E-state index in [1.54, 1.807) is 0 Å². The Morgan fingerprint density at radius 2 is 1.70 bits per heavy atom. The second kappa shape index (κ2) is 8.75. The number of aryl methyl sites for hydroxylation is 1. The molecule has 0 radical (unpaired) electrons. The number of carbonyl (C=O) groups is 1. The number of hydrogen-bond acceptors (Lipinski definition) is 3. The van der Waals surface area contributed by atoms with E-state index < -0.39 is 6.09 Å². The molecule has 1 aliphatic carbocycles. The first-order chi connectivity index (χ1) is 14.7. The van der Waals surface area contributed by atoms with Crippen molar-refractivity contribution < 1.29 is 9.53 Å². The van der Waals surface area contributed by atoms with Crippen molar-refractivity contribution in [3.63, 3.8) is 0 Å². The smallest absolute Gasteiger partial charge is 0.407 e. The summed E-state index contributed by atoms with van der Waals surface area (Å²) < 4.78 is 5.51. The van der Waals surface area contributed by atoms with Crippen LogP contribution in [0.4, 0.5) is 10.5 Å². The predicted molar refractivity (Wildman–Crippen MR) is 120 cm³/mol. The third kappa shape index (κ3) is 4.01. The van der Waals surface area contributed by atoms with Crippen LogP contribution >= 0.6 is 0 Å². The van der Waals surface area contributed by atoms with Crippen LogP contribution in [0.25, 0.3) is 11.1 Å². The molecule has 4 nitrogen and oxygen atoms in total. The molecule has 0 bridgehead atoms. The Kier molecular flexibility index (Phi) is 5.72. The summed E-state index contributed by atoms with van der Waals surface area (Å²) in [5.41, 5.74) is 13.4. The van der Waals surface area contributed by atoms with E-state index in [4.69, 9.17) is 10.5 Å². The molecule has 150 valence electrons. The lowest BCUT2D eigenvalue weighted by molar-refractivity contribution is 0.144. The van der Waals surface area contributed by atoms with Gasteiger partial charge in [-0.15, -0.1) is 0 Å². The van der Waals surface area contributed by atoms with E-state index >= 15 is 0 Å². The van der Waals surface area contributed by atoms with E-state index in [0.717, 1.165) is 12.0 Å². The van der Waals surface area contributed by atoms with Crippen LogP contribution in [0.2, 0.25) is 0 Å². The lowest BCUT2D eigenvalue weighted by Gasteiger charge is -2.14. The largest absolute Gasteiger partial charge is 0.449 e. The summed E-state index contributed by atoms with van der Waals surface area (Å²) in [4.78, 5) is 12.2. The van der Waals surface area contributed by atoms with Crippen LogP contribution in [-0.4, -0.2) is 19.2 Å². The Bertz CT molecular complexity index is 1100. The van der Waals surface area contributed by atoms with Gasteiger partial charge in [0, 0.05) is 17.2 Å². The standard InChI is InChI=1S/C26H24N2O2/c1-2-18-13-14-25(27)19(16-18)8-7-15-28-26(29)30-17-24-22-11-5-3-9-20(22)21-10-4-6-12-23(21)24/h3-6,9-14,16,24H,2,15,17,27H2,1H3,(H,28,29). The number of fused-ring (bicyclic) bond motifs is 3. The molecule has 4 heteroatoms. The van der Waals surface area contributed by atoms with Gasteiger partial charge < -0.3 is 15.8 Å². The normalized spacial score (nSPS) is 11.8. The van der Waals surface area contributed by atoms with E-state index in [-0.39, 0.29) is 12.5 Å². The molecule has 0 spiro atoms. The molecule has 0 aromatic heterocycles. The summed E-state index contributed by atoms with van der Waals surface area (Å²) in [7, 11) is 0. The number of ether oxygens (including phenoxy) is 1. The first kappa shape index (κ1) is 19.6. The van der Waals surface area contributed by atoms with Gasteiger partial charge in [0.1, 0.15) is 6.61 Å². The van der Waals surface area contributed by atoms with Crippen molar-refractivity contribution >= 4 is 11.8 Å². The minimum atomic E-state index is -0.471. The minimum Gasteiger partial charge on any atom is -0.449 e. The predicted octanol–water partition coefficient (Wildman–Crippen LogP) is 4.72.